The van der Waals surface area contributed by atoms with Crippen LogP contribution in [0.2, 0.25) is 0 Å². The first-order valence-corrected chi connectivity index (χ1v) is 11.6. The van der Waals surface area contributed by atoms with Gasteiger partial charge in [0.2, 0.25) is 0 Å². The number of quaternary nitrogens is 1. The quantitative estimate of drug-likeness (QED) is 0.394. The summed E-state index contributed by atoms with van der Waals surface area (Å²) < 4.78 is 6.80. The van der Waals surface area contributed by atoms with E-state index in [4.69, 9.17) is 4.74 Å². The normalized spacial score (nSPS) is 20.8. The second-order valence-electron chi connectivity index (χ2n) is 9.11. The minimum absolute atomic E-state index is 0.230. The molecule has 2 heterocycles. The van der Waals surface area contributed by atoms with E-state index in [0.717, 1.165) is 55.5 Å². The van der Waals surface area contributed by atoms with Crippen LogP contribution in [0.5, 0.6) is 0 Å². The standard InChI is InChI=1S/C27H31N3O3/c1-30(18-8-13-24-14-17-28-21-29-24)19-15-25(16-20-30)33-26(31)27(32,22-9-4-2-5-10-22)23-11-6-3-7-12-23/h2-7,9-12,14,17,21,25H,8,13,15-16,18-20H2,1H3. The Morgan fingerprint density at radius 1 is 1.03 bits per heavy atom. The summed E-state index contributed by atoms with van der Waals surface area (Å²) in [6, 6.07) is 19.6. The van der Waals surface area contributed by atoms with Crippen molar-refractivity contribution in [2.45, 2.75) is 37.4 Å². The first-order chi connectivity index (χ1) is 16.0. The van der Waals surface area contributed by atoms with E-state index in [9.17, 15) is 9.90 Å². The summed E-state index contributed by atoms with van der Waals surface area (Å²) in [6.07, 6.45) is 6.63. The molecule has 0 atom stereocenters. The van der Waals surface area contributed by atoms with Crippen LogP contribution in [0.3, 0.4) is 0 Å². The van der Waals surface area contributed by atoms with Crippen molar-refractivity contribution in [3.63, 3.8) is 0 Å². The molecule has 1 aliphatic rings. The minimum atomic E-state index is -2.07. The van der Waals surface area contributed by atoms with Crippen LogP contribution in [0, 0.1) is 0 Å². The smallest absolute Gasteiger partial charge is 0.304 e. The third-order valence-corrected chi connectivity index (χ3v) is 6.68. The molecule has 0 radical (unpaired) electrons. The molecular weight excluding hydrogens is 414 g/mol. The SMILES string of the molecule is C[N+]1(CCCc2ccncn2)CCC(OC(=O)C([O-])(c2ccccc2)c2ccccc2)CC1. The Kier molecular flexibility index (Phi) is 7.16. The highest BCUT2D eigenvalue weighted by molar-refractivity contribution is 5.85. The monoisotopic (exact) mass is 445 g/mol. The lowest BCUT2D eigenvalue weighted by molar-refractivity contribution is -0.915. The number of benzene rings is 2. The number of esters is 1. The zero-order valence-electron chi connectivity index (χ0n) is 19.1. The highest BCUT2D eigenvalue weighted by atomic mass is 16.6. The molecule has 3 aromatic rings. The van der Waals surface area contributed by atoms with Gasteiger partial charge in [-0.3, -0.25) is 4.79 Å². The van der Waals surface area contributed by atoms with Crippen LogP contribution in [0.4, 0.5) is 0 Å². The average Bonchev–Trinajstić information content (AvgIpc) is 2.87. The lowest BCUT2D eigenvalue weighted by atomic mass is 9.86. The molecule has 4 rings (SSSR count). The molecule has 0 N–H and O–H groups in total. The van der Waals surface area contributed by atoms with Gasteiger partial charge in [0, 0.05) is 36.8 Å². The summed E-state index contributed by atoms with van der Waals surface area (Å²) in [7, 11) is 2.25. The van der Waals surface area contributed by atoms with Crippen LogP contribution in [-0.2, 0) is 21.6 Å². The van der Waals surface area contributed by atoms with Crippen LogP contribution in [0.25, 0.3) is 0 Å². The second kappa shape index (κ2) is 10.2. The Morgan fingerprint density at radius 2 is 1.64 bits per heavy atom. The topological polar surface area (TPSA) is 75.1 Å². The Hall–Kier alpha value is -3.09. The zero-order valence-corrected chi connectivity index (χ0v) is 19.1. The van der Waals surface area contributed by atoms with E-state index in [0.29, 0.717) is 11.1 Å². The van der Waals surface area contributed by atoms with Crippen molar-refractivity contribution in [2.75, 3.05) is 26.7 Å². The fourth-order valence-corrected chi connectivity index (χ4v) is 4.60. The lowest BCUT2D eigenvalue weighted by Gasteiger charge is -2.43. The van der Waals surface area contributed by atoms with Gasteiger partial charge in [-0.25, -0.2) is 9.97 Å². The first-order valence-electron chi connectivity index (χ1n) is 11.6. The molecule has 0 aliphatic carbocycles. The molecule has 172 valence electrons. The predicted molar refractivity (Wildman–Crippen MR) is 124 cm³/mol. The average molecular weight is 446 g/mol. The number of rotatable bonds is 8. The molecule has 0 unspecified atom stereocenters. The number of piperidine rings is 1. The van der Waals surface area contributed by atoms with E-state index < -0.39 is 11.6 Å². The summed E-state index contributed by atoms with van der Waals surface area (Å²) in [4.78, 5) is 21.5. The van der Waals surface area contributed by atoms with Crippen molar-refractivity contribution < 1.29 is 19.1 Å². The van der Waals surface area contributed by atoms with Gasteiger partial charge in [0.25, 0.3) is 0 Å². The number of carbonyl (C=O) groups is 1. The molecule has 33 heavy (non-hydrogen) atoms. The molecule has 1 aromatic heterocycles. The van der Waals surface area contributed by atoms with Gasteiger partial charge >= 0.3 is 5.97 Å². The Morgan fingerprint density at radius 3 is 2.18 bits per heavy atom. The highest BCUT2D eigenvalue weighted by Crippen LogP contribution is 2.30. The summed E-state index contributed by atoms with van der Waals surface area (Å²) >= 11 is 0. The van der Waals surface area contributed by atoms with E-state index in [1.54, 1.807) is 61.1 Å². The van der Waals surface area contributed by atoms with Crippen molar-refractivity contribution in [2.24, 2.45) is 0 Å². The number of ether oxygens (including phenoxy) is 1. The largest absolute Gasteiger partial charge is 0.834 e. The Bertz CT molecular complexity index is 981. The number of aromatic nitrogens is 2. The summed E-state index contributed by atoms with van der Waals surface area (Å²) in [5, 5.41) is 14.0. The number of carbonyl (C=O) groups excluding carboxylic acids is 1. The molecule has 6 nitrogen and oxygen atoms in total. The lowest BCUT2D eigenvalue weighted by Crippen LogP contribution is -2.54. The highest BCUT2D eigenvalue weighted by Gasteiger charge is 2.36. The van der Waals surface area contributed by atoms with Crippen molar-refractivity contribution >= 4 is 5.97 Å². The molecule has 1 fully saturated rings. The second-order valence-corrected chi connectivity index (χ2v) is 9.11. The van der Waals surface area contributed by atoms with E-state index in [2.05, 4.69) is 17.0 Å². The molecular formula is C27H31N3O3. The van der Waals surface area contributed by atoms with E-state index in [-0.39, 0.29) is 6.10 Å². The van der Waals surface area contributed by atoms with Crippen molar-refractivity contribution in [1.82, 2.24) is 9.97 Å². The van der Waals surface area contributed by atoms with Crippen molar-refractivity contribution in [3.05, 3.63) is 96.1 Å². The number of nitrogens with zero attached hydrogens (tertiary/aromatic N) is 3. The minimum Gasteiger partial charge on any atom is -0.834 e. The molecule has 1 saturated heterocycles. The van der Waals surface area contributed by atoms with Gasteiger partial charge in [-0.1, -0.05) is 60.7 Å². The third-order valence-electron chi connectivity index (χ3n) is 6.68. The van der Waals surface area contributed by atoms with E-state index in [1.807, 2.05) is 18.2 Å². The van der Waals surface area contributed by atoms with Crippen LogP contribution >= 0.6 is 0 Å². The third kappa shape index (κ3) is 5.46. The summed E-state index contributed by atoms with van der Waals surface area (Å²) in [5.74, 6) is -0.718. The van der Waals surface area contributed by atoms with Crippen molar-refractivity contribution in [1.29, 1.82) is 0 Å². The maximum absolute atomic E-state index is 14.0. The van der Waals surface area contributed by atoms with Gasteiger partial charge < -0.3 is 14.3 Å². The molecule has 2 aromatic carbocycles. The fraction of sp³-hybridized carbons (Fsp3) is 0.370. The maximum Gasteiger partial charge on any atom is 0.304 e. The van der Waals surface area contributed by atoms with Gasteiger partial charge in [-0.05, 0) is 23.6 Å². The van der Waals surface area contributed by atoms with Crippen LogP contribution in [0.15, 0.2) is 79.3 Å². The van der Waals surface area contributed by atoms with Gasteiger partial charge in [0.05, 0.1) is 26.7 Å². The van der Waals surface area contributed by atoms with Gasteiger partial charge in [0.1, 0.15) is 12.4 Å². The molecule has 0 bridgehead atoms. The zero-order chi connectivity index (χ0) is 23.2. The first kappa shape index (κ1) is 23.1. The Balaban J connectivity index is 1.37. The summed E-state index contributed by atoms with van der Waals surface area (Å²) in [5.41, 5.74) is -0.200. The molecule has 1 aliphatic heterocycles. The van der Waals surface area contributed by atoms with Crippen LogP contribution in [0.1, 0.15) is 36.1 Å². The number of likely N-dealkylation sites (tertiary alicyclic amines) is 1. The Labute approximate surface area is 195 Å². The number of hydrogen-bond acceptors (Lipinski definition) is 5. The van der Waals surface area contributed by atoms with E-state index >= 15 is 0 Å². The summed E-state index contributed by atoms with van der Waals surface area (Å²) in [6.45, 7) is 2.89. The van der Waals surface area contributed by atoms with Gasteiger partial charge in [0.15, 0.2) is 0 Å². The molecule has 0 amide bonds. The van der Waals surface area contributed by atoms with Gasteiger partial charge in [-0.2, -0.15) is 0 Å². The fourth-order valence-electron chi connectivity index (χ4n) is 4.60. The number of aryl methyl sites for hydroxylation is 1. The maximum atomic E-state index is 14.0. The van der Waals surface area contributed by atoms with E-state index in [1.165, 1.54) is 0 Å². The van der Waals surface area contributed by atoms with Crippen LogP contribution < -0.4 is 5.11 Å². The van der Waals surface area contributed by atoms with Gasteiger partial charge in [-0.15, -0.1) is 0 Å². The van der Waals surface area contributed by atoms with Crippen molar-refractivity contribution in [3.8, 4) is 0 Å². The molecule has 0 spiro atoms. The molecule has 0 saturated carbocycles. The molecule has 6 heteroatoms. The number of hydrogen-bond donors (Lipinski definition) is 0. The predicted octanol–water partition coefficient (Wildman–Crippen LogP) is 2.87. The van der Waals surface area contributed by atoms with Crippen LogP contribution in [-0.4, -0.2) is 53.2 Å².